The number of hydrogen-bond donors (Lipinski definition) is 1. The summed E-state index contributed by atoms with van der Waals surface area (Å²) in [6.45, 7) is 2.10. The summed E-state index contributed by atoms with van der Waals surface area (Å²) in [6, 6.07) is 7.20. The van der Waals surface area contributed by atoms with E-state index in [1.807, 2.05) is 12.1 Å². The zero-order valence-electron chi connectivity index (χ0n) is 9.79. The molecule has 0 radical (unpaired) electrons. The Morgan fingerprint density at radius 3 is 2.64 bits per heavy atom. The molecule has 0 aromatic heterocycles. The maximum atomic E-state index is 10.8. The van der Waals surface area contributed by atoms with E-state index in [9.17, 15) is 4.79 Å². The standard InChI is InChI=1S/C11H14O2.K.H/c1-2-3-6-9-7-4-5-8-10(9)11(12)13;;/h4-5,7-8H,2-3,6H2,1H3,(H,12,13);;/q;+1;-1. The Kier molecular flexibility index (Phi) is 7.77. The van der Waals surface area contributed by atoms with Crippen LogP contribution in [0, 0.1) is 0 Å². The van der Waals surface area contributed by atoms with Crippen molar-refractivity contribution in [1.82, 2.24) is 0 Å². The molecular formula is C11H15KO2. The van der Waals surface area contributed by atoms with Gasteiger partial charge in [-0.15, -0.1) is 0 Å². The maximum Gasteiger partial charge on any atom is 1.00 e. The van der Waals surface area contributed by atoms with Gasteiger partial charge in [-0.25, -0.2) is 4.79 Å². The van der Waals surface area contributed by atoms with E-state index in [1.54, 1.807) is 12.1 Å². The van der Waals surface area contributed by atoms with E-state index in [2.05, 4.69) is 6.92 Å². The Balaban J connectivity index is 0. The van der Waals surface area contributed by atoms with Crippen LogP contribution in [0.2, 0.25) is 0 Å². The van der Waals surface area contributed by atoms with Crippen LogP contribution in [0.5, 0.6) is 0 Å². The first kappa shape index (κ1) is 14.3. The van der Waals surface area contributed by atoms with Crippen LogP contribution in [0.15, 0.2) is 24.3 Å². The first-order valence-corrected chi connectivity index (χ1v) is 4.57. The van der Waals surface area contributed by atoms with Crippen LogP contribution in [-0.4, -0.2) is 11.1 Å². The van der Waals surface area contributed by atoms with Gasteiger partial charge in [0.2, 0.25) is 0 Å². The summed E-state index contributed by atoms with van der Waals surface area (Å²) < 4.78 is 0. The van der Waals surface area contributed by atoms with Crippen molar-refractivity contribution in [2.24, 2.45) is 0 Å². The van der Waals surface area contributed by atoms with Crippen LogP contribution >= 0.6 is 0 Å². The van der Waals surface area contributed by atoms with Gasteiger partial charge in [-0.2, -0.15) is 0 Å². The monoisotopic (exact) mass is 218 g/mol. The summed E-state index contributed by atoms with van der Waals surface area (Å²) >= 11 is 0. The molecule has 0 aliphatic rings. The molecule has 2 nitrogen and oxygen atoms in total. The largest absolute Gasteiger partial charge is 1.00 e. The van der Waals surface area contributed by atoms with Gasteiger partial charge in [-0.3, -0.25) is 0 Å². The van der Waals surface area contributed by atoms with Gasteiger partial charge in [0.05, 0.1) is 5.56 Å². The molecule has 72 valence electrons. The topological polar surface area (TPSA) is 37.3 Å². The third kappa shape index (κ3) is 4.23. The Labute approximate surface area is 129 Å². The molecule has 0 saturated heterocycles. The molecular weight excluding hydrogens is 203 g/mol. The van der Waals surface area contributed by atoms with E-state index in [0.29, 0.717) is 5.56 Å². The summed E-state index contributed by atoms with van der Waals surface area (Å²) in [6.07, 6.45) is 3.00. The summed E-state index contributed by atoms with van der Waals surface area (Å²) in [5.74, 6) is -0.827. The Bertz CT molecular complexity index is 302. The molecule has 0 spiro atoms. The maximum absolute atomic E-state index is 10.8. The van der Waals surface area contributed by atoms with Gasteiger partial charge < -0.3 is 6.53 Å². The molecule has 1 aromatic rings. The number of benzene rings is 1. The molecule has 0 bridgehead atoms. The van der Waals surface area contributed by atoms with Crippen molar-refractivity contribution in [3.05, 3.63) is 35.4 Å². The Morgan fingerprint density at radius 2 is 2.07 bits per heavy atom. The second-order valence-corrected chi connectivity index (χ2v) is 3.07. The minimum Gasteiger partial charge on any atom is -1.00 e. The van der Waals surface area contributed by atoms with Crippen molar-refractivity contribution in [1.29, 1.82) is 0 Å². The molecule has 0 amide bonds. The van der Waals surface area contributed by atoms with E-state index >= 15 is 0 Å². The smallest absolute Gasteiger partial charge is 1.00 e. The second-order valence-electron chi connectivity index (χ2n) is 3.07. The van der Waals surface area contributed by atoms with Gasteiger partial charge in [0.15, 0.2) is 0 Å². The van der Waals surface area contributed by atoms with Crippen molar-refractivity contribution in [3.8, 4) is 0 Å². The number of hydrogen-bond acceptors (Lipinski definition) is 1. The van der Waals surface area contributed by atoms with Gasteiger partial charge in [0.1, 0.15) is 0 Å². The number of aromatic carboxylic acids is 1. The third-order valence-electron chi connectivity index (χ3n) is 2.05. The molecule has 14 heavy (non-hydrogen) atoms. The summed E-state index contributed by atoms with van der Waals surface area (Å²) in [7, 11) is 0. The molecule has 0 atom stereocenters. The van der Waals surface area contributed by atoms with Gasteiger partial charge in [-0.05, 0) is 24.5 Å². The van der Waals surface area contributed by atoms with Crippen molar-refractivity contribution >= 4 is 5.97 Å². The molecule has 1 N–H and O–H groups in total. The predicted octanol–water partition coefficient (Wildman–Crippen LogP) is -0.156. The zero-order valence-corrected chi connectivity index (χ0v) is 11.9. The summed E-state index contributed by atoms with van der Waals surface area (Å²) in [5, 5.41) is 8.86. The van der Waals surface area contributed by atoms with Crippen LogP contribution in [-0.2, 0) is 6.42 Å². The molecule has 1 aromatic carbocycles. The summed E-state index contributed by atoms with van der Waals surface area (Å²) in [4.78, 5) is 10.8. The van der Waals surface area contributed by atoms with Gasteiger partial charge >= 0.3 is 57.4 Å². The predicted molar refractivity (Wildman–Crippen MR) is 53.1 cm³/mol. The first-order chi connectivity index (χ1) is 6.25. The van der Waals surface area contributed by atoms with Crippen molar-refractivity contribution in [3.63, 3.8) is 0 Å². The number of carbonyl (C=O) groups is 1. The van der Waals surface area contributed by atoms with Crippen LogP contribution in [0.4, 0.5) is 0 Å². The average molecular weight is 218 g/mol. The van der Waals surface area contributed by atoms with Crippen molar-refractivity contribution < 1.29 is 62.7 Å². The molecule has 0 heterocycles. The van der Waals surface area contributed by atoms with E-state index in [-0.39, 0.29) is 52.8 Å². The molecule has 1 rings (SSSR count). The van der Waals surface area contributed by atoms with Crippen LogP contribution in [0.25, 0.3) is 0 Å². The molecule has 0 saturated carbocycles. The average Bonchev–Trinajstić information content (AvgIpc) is 2.15. The molecule has 0 aliphatic carbocycles. The normalized spacial score (nSPS) is 9.21. The third-order valence-corrected chi connectivity index (χ3v) is 2.05. The van der Waals surface area contributed by atoms with Gasteiger partial charge in [0, 0.05) is 0 Å². The number of carboxylic acids is 1. The van der Waals surface area contributed by atoms with E-state index < -0.39 is 5.97 Å². The SMILES string of the molecule is CCCCc1ccccc1C(=O)O.[H-].[K+]. The van der Waals surface area contributed by atoms with Crippen LogP contribution < -0.4 is 51.4 Å². The minimum atomic E-state index is -0.827. The van der Waals surface area contributed by atoms with Crippen LogP contribution in [0.3, 0.4) is 0 Å². The quantitative estimate of drug-likeness (QED) is 0.713. The van der Waals surface area contributed by atoms with Gasteiger partial charge in [-0.1, -0.05) is 31.5 Å². The first-order valence-electron chi connectivity index (χ1n) is 4.57. The number of aryl methyl sites for hydroxylation is 1. The second kappa shape index (κ2) is 7.60. The zero-order chi connectivity index (χ0) is 9.68. The van der Waals surface area contributed by atoms with Crippen molar-refractivity contribution in [2.75, 3.05) is 0 Å². The van der Waals surface area contributed by atoms with Crippen molar-refractivity contribution in [2.45, 2.75) is 26.2 Å². The fraction of sp³-hybridized carbons (Fsp3) is 0.364. The van der Waals surface area contributed by atoms with Crippen LogP contribution in [0.1, 0.15) is 37.1 Å². The summed E-state index contributed by atoms with van der Waals surface area (Å²) in [5.41, 5.74) is 1.38. The van der Waals surface area contributed by atoms with E-state index in [4.69, 9.17) is 5.11 Å². The Hall–Kier alpha value is 0.326. The Morgan fingerprint density at radius 1 is 1.43 bits per heavy atom. The van der Waals surface area contributed by atoms with E-state index in [1.165, 1.54) is 0 Å². The molecule has 0 aliphatic heterocycles. The number of rotatable bonds is 4. The molecule has 3 heteroatoms. The van der Waals surface area contributed by atoms with Gasteiger partial charge in [0.25, 0.3) is 0 Å². The fourth-order valence-corrected chi connectivity index (χ4v) is 1.31. The number of carboxylic acid groups (broad SMARTS) is 1. The fourth-order valence-electron chi connectivity index (χ4n) is 1.31. The molecule has 0 unspecified atom stereocenters. The molecule has 0 fully saturated rings. The number of unbranched alkanes of at least 4 members (excludes halogenated alkanes) is 1. The minimum absolute atomic E-state index is 0. The van der Waals surface area contributed by atoms with E-state index in [0.717, 1.165) is 24.8 Å².